The number of H-pyrrole nitrogens is 1. The van der Waals surface area contributed by atoms with E-state index in [-0.39, 0.29) is 18.4 Å². The number of hydrogen-bond donors (Lipinski definition) is 2. The highest BCUT2D eigenvalue weighted by Crippen LogP contribution is 2.40. The van der Waals surface area contributed by atoms with Gasteiger partial charge < -0.3 is 20.2 Å². The molecule has 50 heavy (non-hydrogen) atoms. The van der Waals surface area contributed by atoms with Crippen molar-refractivity contribution in [2.75, 3.05) is 45.2 Å². The molecule has 2 N–H and O–H groups in total. The quantitative estimate of drug-likeness (QED) is 0.172. The number of fused-ring (bicyclic) bond motifs is 1. The van der Waals surface area contributed by atoms with Gasteiger partial charge in [0.05, 0.1) is 12.1 Å². The van der Waals surface area contributed by atoms with E-state index in [1.54, 1.807) is 31.6 Å². The zero-order valence-electron chi connectivity index (χ0n) is 27.8. The van der Waals surface area contributed by atoms with Gasteiger partial charge in [0.2, 0.25) is 5.91 Å². The first-order valence-electron chi connectivity index (χ1n) is 17.0. The summed E-state index contributed by atoms with van der Waals surface area (Å²) in [7, 11) is 1.55. The van der Waals surface area contributed by atoms with Gasteiger partial charge in [-0.15, -0.1) is 0 Å². The van der Waals surface area contributed by atoms with Crippen molar-refractivity contribution in [3.05, 3.63) is 102 Å². The third-order valence-corrected chi connectivity index (χ3v) is 10.2. The molecule has 1 saturated carbocycles. The molecule has 2 aromatic carbocycles. The first kappa shape index (κ1) is 31.8. The van der Waals surface area contributed by atoms with E-state index in [1.807, 2.05) is 46.2 Å². The maximum absolute atomic E-state index is 13.7. The number of amides is 2. The van der Waals surface area contributed by atoms with Crippen LogP contribution in [0.4, 0.5) is 5.69 Å². The molecule has 2 amide bonds. The summed E-state index contributed by atoms with van der Waals surface area (Å²) in [6.45, 7) is 2.29. The lowest BCUT2D eigenvalue weighted by Crippen LogP contribution is -2.48. The van der Waals surface area contributed by atoms with E-state index in [9.17, 15) is 14.8 Å². The Morgan fingerprint density at radius 1 is 1.04 bits per heavy atom. The topological polar surface area (TPSA) is 143 Å². The summed E-state index contributed by atoms with van der Waals surface area (Å²) in [5.74, 6) is 0.781. The molecule has 12 heteroatoms. The highest BCUT2D eigenvalue weighted by atomic mass is 16.5. The van der Waals surface area contributed by atoms with Gasteiger partial charge in [-0.1, -0.05) is 30.3 Å². The fourth-order valence-electron chi connectivity index (χ4n) is 7.05. The second-order valence-corrected chi connectivity index (χ2v) is 13.4. The van der Waals surface area contributed by atoms with E-state index >= 15 is 0 Å². The molecule has 1 aliphatic carbocycles. The van der Waals surface area contributed by atoms with E-state index in [0.29, 0.717) is 50.0 Å². The fraction of sp³-hybridized carbons (Fsp3) is 0.316. The van der Waals surface area contributed by atoms with Crippen LogP contribution in [0.5, 0.6) is 0 Å². The van der Waals surface area contributed by atoms with Gasteiger partial charge in [0.1, 0.15) is 5.69 Å². The van der Waals surface area contributed by atoms with E-state index in [2.05, 4.69) is 43.7 Å². The van der Waals surface area contributed by atoms with Crippen molar-refractivity contribution in [2.24, 2.45) is 0 Å². The number of anilines is 1. The van der Waals surface area contributed by atoms with Crippen molar-refractivity contribution in [3.63, 3.8) is 0 Å². The molecule has 2 aliphatic heterocycles. The highest BCUT2D eigenvalue weighted by Gasteiger charge is 2.45. The molecule has 8 rings (SSSR count). The molecule has 254 valence electrons. The second kappa shape index (κ2) is 13.1. The lowest BCUT2D eigenvalue weighted by atomic mass is 9.98. The number of benzene rings is 2. The third-order valence-electron chi connectivity index (χ3n) is 10.2. The molecule has 2 fully saturated rings. The summed E-state index contributed by atoms with van der Waals surface area (Å²) >= 11 is 0. The van der Waals surface area contributed by atoms with Gasteiger partial charge in [-0.25, -0.2) is 9.97 Å². The maximum atomic E-state index is 13.7. The molecular weight excluding hydrogens is 632 g/mol. The summed E-state index contributed by atoms with van der Waals surface area (Å²) in [5, 5.41) is 23.8. The van der Waals surface area contributed by atoms with Crippen LogP contribution in [0.25, 0.3) is 39.1 Å². The number of carbonyl (C=O) groups is 2. The van der Waals surface area contributed by atoms with Gasteiger partial charge >= 0.3 is 0 Å². The van der Waals surface area contributed by atoms with E-state index in [4.69, 9.17) is 4.74 Å². The summed E-state index contributed by atoms with van der Waals surface area (Å²) in [6, 6.07) is 19.3. The smallest absolute Gasteiger partial charge is 0.258 e. The standard InChI is InChI=1S/C38H38N8O4/c1-50-38(37(48)41-30-9-10-32-31(22-30)35(43-42-32)29-13-19-46(49)33(21-29)27-5-6-27)14-20-44(24-38)23-34(47)45-17-11-26(12-18-45)25-3-7-28(8-4-25)36-39-15-2-16-40-36/h2-4,7-11,13,15-16,19,21-22,27H,5-6,12,14,17-18,20,23-24H2,1H3,(H,41,48)(H,42,43)/t38-/m0/s1. The number of methoxy groups -OCH3 is 1. The van der Waals surface area contributed by atoms with Crippen molar-refractivity contribution in [3.8, 4) is 22.6 Å². The summed E-state index contributed by atoms with van der Waals surface area (Å²) in [6.07, 6.45) is 10.4. The molecular formula is C38H38N8O4. The zero-order chi connectivity index (χ0) is 34.2. The van der Waals surface area contributed by atoms with Gasteiger partial charge in [-0.3, -0.25) is 19.6 Å². The van der Waals surface area contributed by atoms with Crippen LogP contribution in [0.3, 0.4) is 0 Å². The number of carbonyl (C=O) groups excluding carboxylic acids is 2. The number of aromatic nitrogens is 5. The molecule has 5 aromatic rings. The Morgan fingerprint density at radius 3 is 2.58 bits per heavy atom. The number of ether oxygens (including phenoxy) is 1. The molecule has 1 atom stereocenters. The number of aromatic amines is 1. The van der Waals surface area contributed by atoms with E-state index in [0.717, 1.165) is 63.0 Å². The lowest BCUT2D eigenvalue weighted by molar-refractivity contribution is -0.614. The third kappa shape index (κ3) is 6.23. The van der Waals surface area contributed by atoms with Crippen LogP contribution in [0.1, 0.15) is 42.9 Å². The molecule has 3 aromatic heterocycles. The van der Waals surface area contributed by atoms with Crippen LogP contribution in [0, 0.1) is 5.21 Å². The number of rotatable bonds is 9. The predicted octanol–water partition coefficient (Wildman–Crippen LogP) is 4.54. The largest absolute Gasteiger partial charge is 0.618 e. The Morgan fingerprint density at radius 2 is 1.84 bits per heavy atom. The Kier molecular flexibility index (Phi) is 8.33. The number of nitrogens with one attached hydrogen (secondary N) is 2. The van der Waals surface area contributed by atoms with Crippen LogP contribution in [0.15, 0.2) is 85.3 Å². The van der Waals surface area contributed by atoms with Crippen LogP contribution in [0.2, 0.25) is 0 Å². The van der Waals surface area contributed by atoms with Crippen molar-refractivity contribution >= 4 is 34.0 Å². The first-order chi connectivity index (χ1) is 24.4. The number of nitrogens with zero attached hydrogens (tertiary/aromatic N) is 6. The van der Waals surface area contributed by atoms with Gasteiger partial charge in [0, 0.05) is 85.9 Å². The molecule has 12 nitrogen and oxygen atoms in total. The molecule has 3 aliphatic rings. The minimum absolute atomic E-state index is 0.0374. The van der Waals surface area contributed by atoms with Gasteiger partial charge in [0.25, 0.3) is 5.91 Å². The van der Waals surface area contributed by atoms with Crippen LogP contribution in [-0.4, -0.2) is 87.2 Å². The van der Waals surface area contributed by atoms with Crippen molar-refractivity contribution in [1.29, 1.82) is 0 Å². The minimum Gasteiger partial charge on any atom is -0.618 e. The molecule has 0 radical (unpaired) electrons. The Bertz CT molecular complexity index is 2090. The molecule has 0 bridgehead atoms. The van der Waals surface area contributed by atoms with Crippen molar-refractivity contribution < 1.29 is 19.1 Å². The Hall–Kier alpha value is -5.46. The number of likely N-dealkylation sites (tertiary alicyclic amines) is 1. The molecule has 5 heterocycles. The second-order valence-electron chi connectivity index (χ2n) is 13.4. The van der Waals surface area contributed by atoms with Crippen LogP contribution < -0.4 is 10.0 Å². The monoisotopic (exact) mass is 670 g/mol. The zero-order valence-corrected chi connectivity index (χ0v) is 27.8. The van der Waals surface area contributed by atoms with Gasteiger partial charge in [-0.05, 0) is 61.1 Å². The Balaban J connectivity index is 0.891. The summed E-state index contributed by atoms with van der Waals surface area (Å²) < 4.78 is 6.80. The average molecular weight is 671 g/mol. The fourth-order valence-corrected chi connectivity index (χ4v) is 7.05. The van der Waals surface area contributed by atoms with Crippen molar-refractivity contribution in [2.45, 2.75) is 37.2 Å². The summed E-state index contributed by atoms with van der Waals surface area (Å²) in [5.41, 5.74) is 6.02. The minimum atomic E-state index is -1.08. The first-order valence-corrected chi connectivity index (χ1v) is 17.0. The van der Waals surface area contributed by atoms with Gasteiger partial charge in [-0.2, -0.15) is 9.83 Å². The normalized spacial score (nSPS) is 19.5. The molecule has 0 spiro atoms. The molecule has 1 saturated heterocycles. The maximum Gasteiger partial charge on any atom is 0.258 e. The van der Waals surface area contributed by atoms with E-state index < -0.39 is 5.60 Å². The summed E-state index contributed by atoms with van der Waals surface area (Å²) in [4.78, 5) is 39.6. The SMILES string of the molecule is CO[C@@]1(C(=O)Nc2ccc3[nH]nc(-c4cc[n+]([O-])c(C5CC5)c4)c3c2)CCN(CC(=O)N2CC=C(c3ccc(-c4ncccn4)cc3)CC2)C1. The van der Waals surface area contributed by atoms with E-state index in [1.165, 1.54) is 11.8 Å². The van der Waals surface area contributed by atoms with Crippen LogP contribution in [-0.2, 0) is 14.3 Å². The Labute approximate surface area is 289 Å². The van der Waals surface area contributed by atoms with Crippen molar-refractivity contribution in [1.82, 2.24) is 30.0 Å². The number of hydrogen-bond acceptors (Lipinski definition) is 8. The predicted molar refractivity (Wildman–Crippen MR) is 189 cm³/mol. The van der Waals surface area contributed by atoms with Crippen LogP contribution >= 0.6 is 0 Å². The average Bonchev–Trinajstić information content (AvgIpc) is 3.78. The number of pyridine rings is 1. The highest BCUT2D eigenvalue weighted by molar-refractivity contribution is 6.01. The van der Waals surface area contributed by atoms with Gasteiger partial charge in [0.15, 0.2) is 23.3 Å². The lowest BCUT2D eigenvalue weighted by Gasteiger charge is -2.30. The molecule has 0 unspecified atom stereocenters.